The van der Waals surface area contributed by atoms with Crippen LogP contribution in [0.15, 0.2) is 45.3 Å². The number of halogens is 2. The molecule has 18 heavy (non-hydrogen) atoms. The minimum Gasteiger partial charge on any atom is -0.436 e. The normalized spacial score (nSPS) is 11.1. The average Bonchev–Trinajstić information content (AvgIpc) is 2.71. The molecule has 0 N–H and O–H groups in total. The number of rotatable bonds is 1. The quantitative estimate of drug-likeness (QED) is 0.614. The molecule has 0 aliphatic rings. The zero-order valence-electron chi connectivity index (χ0n) is 9.58. The van der Waals surface area contributed by atoms with E-state index in [9.17, 15) is 0 Å². The SMILES string of the molecule is Cc1ccc2oc(-c3ccc(Br)cc3Cl)nc2c1. The van der Waals surface area contributed by atoms with E-state index in [1.165, 1.54) is 0 Å². The first-order valence-corrected chi connectivity index (χ1v) is 6.63. The van der Waals surface area contributed by atoms with Crippen molar-refractivity contribution in [2.24, 2.45) is 0 Å². The number of oxazole rings is 1. The first-order valence-electron chi connectivity index (χ1n) is 5.46. The van der Waals surface area contributed by atoms with Crippen LogP contribution in [-0.4, -0.2) is 4.98 Å². The Morgan fingerprint density at radius 2 is 2.00 bits per heavy atom. The first-order chi connectivity index (χ1) is 8.63. The van der Waals surface area contributed by atoms with E-state index in [0.717, 1.165) is 26.7 Å². The second-order valence-corrected chi connectivity index (χ2v) is 5.44. The van der Waals surface area contributed by atoms with E-state index in [0.29, 0.717) is 10.9 Å². The molecule has 2 aromatic carbocycles. The fraction of sp³-hybridized carbons (Fsp3) is 0.0714. The Hall–Kier alpha value is -1.32. The van der Waals surface area contributed by atoms with Gasteiger partial charge in [-0.25, -0.2) is 4.98 Å². The van der Waals surface area contributed by atoms with Crippen molar-refractivity contribution in [1.82, 2.24) is 4.98 Å². The van der Waals surface area contributed by atoms with Gasteiger partial charge in [-0.15, -0.1) is 0 Å². The Morgan fingerprint density at radius 1 is 1.17 bits per heavy atom. The third kappa shape index (κ3) is 2.04. The molecule has 0 atom stereocenters. The van der Waals surface area contributed by atoms with Crippen LogP contribution in [0.2, 0.25) is 5.02 Å². The average molecular weight is 323 g/mol. The summed E-state index contributed by atoms with van der Waals surface area (Å²) in [6, 6.07) is 11.6. The van der Waals surface area contributed by atoms with Crippen LogP contribution in [0.25, 0.3) is 22.6 Å². The summed E-state index contributed by atoms with van der Waals surface area (Å²) in [5, 5.41) is 0.618. The van der Waals surface area contributed by atoms with Crippen LogP contribution in [0, 0.1) is 6.92 Å². The molecule has 1 aromatic heterocycles. The second-order valence-electron chi connectivity index (χ2n) is 4.11. The summed E-state index contributed by atoms with van der Waals surface area (Å²) in [6.07, 6.45) is 0. The van der Waals surface area contributed by atoms with Gasteiger partial charge in [0.15, 0.2) is 5.58 Å². The Labute approximate surface area is 118 Å². The van der Waals surface area contributed by atoms with Gasteiger partial charge in [-0.05, 0) is 42.8 Å². The zero-order chi connectivity index (χ0) is 12.7. The van der Waals surface area contributed by atoms with Crippen LogP contribution in [-0.2, 0) is 0 Å². The van der Waals surface area contributed by atoms with Gasteiger partial charge in [0, 0.05) is 4.47 Å². The molecule has 0 aliphatic heterocycles. The molecule has 0 bridgehead atoms. The molecule has 1 heterocycles. The van der Waals surface area contributed by atoms with Gasteiger partial charge >= 0.3 is 0 Å². The highest BCUT2D eigenvalue weighted by molar-refractivity contribution is 9.10. The molecule has 4 heteroatoms. The lowest BCUT2D eigenvalue weighted by atomic mass is 10.2. The van der Waals surface area contributed by atoms with E-state index in [2.05, 4.69) is 20.9 Å². The molecule has 90 valence electrons. The number of aromatic nitrogens is 1. The monoisotopic (exact) mass is 321 g/mol. The van der Waals surface area contributed by atoms with Gasteiger partial charge in [0.05, 0.1) is 10.6 Å². The van der Waals surface area contributed by atoms with Crippen molar-refractivity contribution in [1.29, 1.82) is 0 Å². The Morgan fingerprint density at radius 3 is 2.78 bits per heavy atom. The molecule has 2 nitrogen and oxygen atoms in total. The molecule has 0 aliphatic carbocycles. The first kappa shape index (κ1) is 11.8. The molecular formula is C14H9BrClNO. The molecule has 0 saturated heterocycles. The van der Waals surface area contributed by atoms with Crippen molar-refractivity contribution in [3.8, 4) is 11.5 Å². The van der Waals surface area contributed by atoms with E-state index < -0.39 is 0 Å². The Balaban J connectivity index is 2.19. The highest BCUT2D eigenvalue weighted by Gasteiger charge is 2.11. The fourth-order valence-corrected chi connectivity index (χ4v) is 2.57. The second kappa shape index (κ2) is 4.41. The van der Waals surface area contributed by atoms with Crippen LogP contribution in [0.4, 0.5) is 0 Å². The summed E-state index contributed by atoms with van der Waals surface area (Å²) in [4.78, 5) is 4.47. The van der Waals surface area contributed by atoms with Crippen molar-refractivity contribution < 1.29 is 4.42 Å². The van der Waals surface area contributed by atoms with Gasteiger partial charge in [-0.3, -0.25) is 0 Å². The molecule has 0 amide bonds. The van der Waals surface area contributed by atoms with E-state index in [1.807, 2.05) is 43.3 Å². The summed E-state index contributed by atoms with van der Waals surface area (Å²) < 4.78 is 6.65. The van der Waals surface area contributed by atoms with Gasteiger partial charge < -0.3 is 4.42 Å². The van der Waals surface area contributed by atoms with Crippen LogP contribution in [0.1, 0.15) is 5.56 Å². The highest BCUT2D eigenvalue weighted by atomic mass is 79.9. The lowest BCUT2D eigenvalue weighted by molar-refractivity contribution is 0.620. The summed E-state index contributed by atoms with van der Waals surface area (Å²) in [6.45, 7) is 2.03. The molecular weight excluding hydrogens is 314 g/mol. The predicted octanol–water partition coefficient (Wildman–Crippen LogP) is 5.22. The number of hydrogen-bond donors (Lipinski definition) is 0. The van der Waals surface area contributed by atoms with E-state index in [1.54, 1.807) is 0 Å². The summed E-state index contributed by atoms with van der Waals surface area (Å²) in [5.74, 6) is 0.549. The minimum atomic E-state index is 0.549. The lowest BCUT2D eigenvalue weighted by Gasteiger charge is -1.99. The van der Waals surface area contributed by atoms with Crippen LogP contribution < -0.4 is 0 Å². The fourth-order valence-electron chi connectivity index (χ4n) is 1.82. The molecule has 3 rings (SSSR count). The molecule has 0 unspecified atom stereocenters. The molecule has 0 spiro atoms. The van der Waals surface area contributed by atoms with Crippen molar-refractivity contribution >= 4 is 38.6 Å². The van der Waals surface area contributed by atoms with Crippen LogP contribution in [0.3, 0.4) is 0 Å². The van der Waals surface area contributed by atoms with Crippen molar-refractivity contribution in [2.75, 3.05) is 0 Å². The molecule has 0 radical (unpaired) electrons. The largest absolute Gasteiger partial charge is 0.436 e. The number of benzene rings is 2. The summed E-state index contributed by atoms with van der Waals surface area (Å²) >= 11 is 9.57. The van der Waals surface area contributed by atoms with Gasteiger partial charge in [-0.2, -0.15) is 0 Å². The topological polar surface area (TPSA) is 26.0 Å². The number of hydrogen-bond acceptors (Lipinski definition) is 2. The lowest BCUT2D eigenvalue weighted by Crippen LogP contribution is -1.79. The van der Waals surface area contributed by atoms with Gasteiger partial charge in [-0.1, -0.05) is 33.6 Å². The van der Waals surface area contributed by atoms with Gasteiger partial charge in [0.25, 0.3) is 0 Å². The minimum absolute atomic E-state index is 0.549. The van der Waals surface area contributed by atoms with E-state index >= 15 is 0 Å². The number of nitrogens with zero attached hydrogens (tertiary/aromatic N) is 1. The Kier molecular flexibility index (Phi) is 2.88. The maximum Gasteiger partial charge on any atom is 0.228 e. The third-order valence-corrected chi connectivity index (χ3v) is 3.51. The maximum atomic E-state index is 6.19. The van der Waals surface area contributed by atoms with E-state index in [-0.39, 0.29) is 0 Å². The molecule has 0 saturated carbocycles. The standard InChI is InChI=1S/C14H9BrClNO/c1-8-2-5-13-12(6-8)17-14(18-13)10-4-3-9(15)7-11(10)16/h2-7H,1H3. The number of fused-ring (bicyclic) bond motifs is 1. The van der Waals surface area contributed by atoms with Crippen molar-refractivity contribution in [2.45, 2.75) is 6.92 Å². The van der Waals surface area contributed by atoms with Crippen molar-refractivity contribution in [3.05, 3.63) is 51.5 Å². The molecule has 3 aromatic rings. The smallest absolute Gasteiger partial charge is 0.228 e. The molecule has 0 fully saturated rings. The van der Waals surface area contributed by atoms with Crippen LogP contribution in [0.5, 0.6) is 0 Å². The van der Waals surface area contributed by atoms with Crippen molar-refractivity contribution in [3.63, 3.8) is 0 Å². The van der Waals surface area contributed by atoms with E-state index in [4.69, 9.17) is 16.0 Å². The maximum absolute atomic E-state index is 6.19. The predicted molar refractivity (Wildman–Crippen MR) is 76.9 cm³/mol. The summed E-state index contributed by atoms with van der Waals surface area (Å²) in [5.41, 5.74) is 3.58. The highest BCUT2D eigenvalue weighted by Crippen LogP contribution is 2.32. The van der Waals surface area contributed by atoms with Crippen LogP contribution >= 0.6 is 27.5 Å². The summed E-state index contributed by atoms with van der Waals surface area (Å²) in [7, 11) is 0. The van der Waals surface area contributed by atoms with Gasteiger partial charge in [0.1, 0.15) is 5.52 Å². The van der Waals surface area contributed by atoms with Gasteiger partial charge in [0.2, 0.25) is 5.89 Å². The number of aryl methyl sites for hydroxylation is 1. The zero-order valence-corrected chi connectivity index (χ0v) is 11.9. The Bertz CT molecular complexity index is 736. The third-order valence-electron chi connectivity index (χ3n) is 2.70.